The van der Waals surface area contributed by atoms with E-state index in [0.29, 0.717) is 13.1 Å². The first-order valence-electron chi connectivity index (χ1n) is 4.44. The number of nitrogens with zero attached hydrogens (tertiary/aromatic N) is 3. The highest BCUT2D eigenvalue weighted by Gasteiger charge is 2.33. The van der Waals surface area contributed by atoms with Crippen LogP contribution in [0.4, 0.5) is 0 Å². The fourth-order valence-corrected chi connectivity index (χ4v) is 1.70. The molecule has 1 aromatic heterocycles. The van der Waals surface area contributed by atoms with Gasteiger partial charge in [0.05, 0.1) is 12.1 Å². The lowest BCUT2D eigenvalue weighted by Crippen LogP contribution is -2.35. The minimum Gasteiger partial charge on any atom is -0.389 e. The maximum atomic E-state index is 9.73. The Morgan fingerprint density at radius 2 is 2.36 bits per heavy atom. The second kappa shape index (κ2) is 3.30. The molecule has 1 aliphatic rings. The van der Waals surface area contributed by atoms with Crippen LogP contribution in [0, 0.1) is 5.41 Å². The van der Waals surface area contributed by atoms with Gasteiger partial charge in [-0.3, -0.25) is 10.1 Å². The molecule has 1 aromatic rings. The standard InChI is InChI=1S/C8H13N5O/c9-8(10)12-4-6(7(14)5-12)13-3-1-2-11-13/h1-3,6-7,14H,4-5H2,(H3,9,10). The van der Waals surface area contributed by atoms with Crippen LogP contribution in [0.5, 0.6) is 0 Å². The number of nitrogens with one attached hydrogen (secondary N) is 1. The average molecular weight is 195 g/mol. The van der Waals surface area contributed by atoms with E-state index < -0.39 is 6.10 Å². The Morgan fingerprint density at radius 1 is 1.57 bits per heavy atom. The van der Waals surface area contributed by atoms with Crippen molar-refractivity contribution in [2.45, 2.75) is 12.1 Å². The molecule has 0 saturated carbocycles. The molecule has 14 heavy (non-hydrogen) atoms. The van der Waals surface area contributed by atoms with Crippen molar-refractivity contribution < 1.29 is 5.11 Å². The van der Waals surface area contributed by atoms with Crippen molar-refractivity contribution in [1.82, 2.24) is 14.7 Å². The van der Waals surface area contributed by atoms with Gasteiger partial charge >= 0.3 is 0 Å². The Labute approximate surface area is 81.4 Å². The zero-order valence-electron chi connectivity index (χ0n) is 7.67. The highest BCUT2D eigenvalue weighted by molar-refractivity contribution is 5.75. The van der Waals surface area contributed by atoms with Gasteiger partial charge in [0.15, 0.2) is 5.96 Å². The number of guanidine groups is 1. The minimum absolute atomic E-state index is 0.00120. The Balaban J connectivity index is 2.12. The first-order chi connectivity index (χ1) is 6.68. The third kappa shape index (κ3) is 1.44. The van der Waals surface area contributed by atoms with Crippen LogP contribution in [0.3, 0.4) is 0 Å². The van der Waals surface area contributed by atoms with Gasteiger partial charge in [-0.05, 0) is 6.07 Å². The Hall–Kier alpha value is -1.56. The number of nitrogens with two attached hydrogens (primary N) is 1. The average Bonchev–Trinajstić information content (AvgIpc) is 2.71. The van der Waals surface area contributed by atoms with Crippen LogP contribution in [0.15, 0.2) is 18.5 Å². The number of aromatic nitrogens is 2. The molecule has 0 aromatic carbocycles. The smallest absolute Gasteiger partial charge is 0.188 e. The normalized spacial score (nSPS) is 26.8. The fraction of sp³-hybridized carbons (Fsp3) is 0.500. The van der Waals surface area contributed by atoms with Crippen LogP contribution in [0.1, 0.15) is 6.04 Å². The summed E-state index contributed by atoms with van der Waals surface area (Å²) in [5, 5.41) is 21.0. The molecule has 2 atom stereocenters. The van der Waals surface area contributed by atoms with Gasteiger partial charge in [0.2, 0.25) is 0 Å². The highest BCUT2D eigenvalue weighted by atomic mass is 16.3. The molecule has 6 nitrogen and oxygen atoms in total. The summed E-state index contributed by atoms with van der Waals surface area (Å²) in [5.74, 6) is -0.00120. The zero-order valence-corrected chi connectivity index (χ0v) is 7.67. The molecule has 0 aliphatic carbocycles. The van der Waals surface area contributed by atoms with Crippen LogP contribution in [0.25, 0.3) is 0 Å². The number of β-amino-alcohol motifs (C(OH)–C–C–N with tert-alkyl or cyclic N) is 1. The molecular formula is C8H13N5O. The van der Waals surface area contributed by atoms with Gasteiger partial charge in [0, 0.05) is 25.5 Å². The summed E-state index contributed by atoms with van der Waals surface area (Å²) in [6.07, 6.45) is 2.96. The molecule has 1 fully saturated rings. The van der Waals surface area contributed by atoms with E-state index >= 15 is 0 Å². The molecule has 6 heteroatoms. The van der Waals surface area contributed by atoms with E-state index in [1.807, 2.05) is 6.07 Å². The van der Waals surface area contributed by atoms with Gasteiger partial charge in [-0.2, -0.15) is 5.10 Å². The number of aliphatic hydroxyl groups excluding tert-OH is 1. The summed E-state index contributed by atoms with van der Waals surface area (Å²) in [5.41, 5.74) is 5.34. The number of hydrogen-bond acceptors (Lipinski definition) is 3. The third-order valence-corrected chi connectivity index (χ3v) is 2.46. The molecule has 1 aliphatic heterocycles. The molecule has 0 amide bonds. The van der Waals surface area contributed by atoms with Gasteiger partial charge in [-0.25, -0.2) is 0 Å². The molecule has 76 valence electrons. The van der Waals surface area contributed by atoms with Gasteiger partial charge in [0.25, 0.3) is 0 Å². The number of aliphatic hydroxyl groups is 1. The van der Waals surface area contributed by atoms with Crippen LogP contribution in [0.2, 0.25) is 0 Å². The van der Waals surface area contributed by atoms with Crippen molar-refractivity contribution in [3.05, 3.63) is 18.5 Å². The quantitative estimate of drug-likeness (QED) is 0.395. The van der Waals surface area contributed by atoms with E-state index in [1.54, 1.807) is 22.0 Å². The van der Waals surface area contributed by atoms with Crippen molar-refractivity contribution in [2.75, 3.05) is 13.1 Å². The van der Waals surface area contributed by atoms with E-state index in [9.17, 15) is 5.11 Å². The van der Waals surface area contributed by atoms with Crippen LogP contribution in [-0.2, 0) is 0 Å². The van der Waals surface area contributed by atoms with Crippen molar-refractivity contribution in [3.63, 3.8) is 0 Å². The summed E-state index contributed by atoms with van der Waals surface area (Å²) in [6.45, 7) is 0.943. The van der Waals surface area contributed by atoms with Gasteiger partial charge < -0.3 is 15.7 Å². The molecule has 0 bridgehead atoms. The number of hydrogen-bond donors (Lipinski definition) is 3. The van der Waals surface area contributed by atoms with E-state index in [4.69, 9.17) is 11.1 Å². The molecule has 2 unspecified atom stereocenters. The van der Waals surface area contributed by atoms with Gasteiger partial charge in [-0.15, -0.1) is 0 Å². The summed E-state index contributed by atoms with van der Waals surface area (Å²) in [7, 11) is 0. The Morgan fingerprint density at radius 3 is 2.86 bits per heavy atom. The van der Waals surface area contributed by atoms with Crippen molar-refractivity contribution in [1.29, 1.82) is 5.41 Å². The monoisotopic (exact) mass is 195 g/mol. The lowest BCUT2D eigenvalue weighted by Gasteiger charge is -2.15. The second-order valence-electron chi connectivity index (χ2n) is 3.41. The van der Waals surface area contributed by atoms with E-state index in [0.717, 1.165) is 0 Å². The molecule has 0 spiro atoms. The lowest BCUT2D eigenvalue weighted by molar-refractivity contribution is 0.142. The predicted molar refractivity (Wildman–Crippen MR) is 50.8 cm³/mol. The summed E-state index contributed by atoms with van der Waals surface area (Å²) < 4.78 is 1.70. The Kier molecular flexibility index (Phi) is 2.12. The minimum atomic E-state index is -0.515. The molecule has 1 saturated heterocycles. The highest BCUT2D eigenvalue weighted by Crippen LogP contribution is 2.20. The topological polar surface area (TPSA) is 91.2 Å². The van der Waals surface area contributed by atoms with Crippen molar-refractivity contribution in [3.8, 4) is 0 Å². The maximum absolute atomic E-state index is 9.73. The summed E-state index contributed by atoms with van der Waals surface area (Å²) >= 11 is 0. The number of likely N-dealkylation sites (tertiary alicyclic amines) is 1. The van der Waals surface area contributed by atoms with Gasteiger partial charge in [-0.1, -0.05) is 0 Å². The predicted octanol–water partition coefficient (Wildman–Crippen LogP) is -1.01. The van der Waals surface area contributed by atoms with Crippen molar-refractivity contribution in [2.24, 2.45) is 5.73 Å². The van der Waals surface area contributed by atoms with E-state index in [2.05, 4.69) is 5.10 Å². The Bertz CT molecular complexity index is 322. The van der Waals surface area contributed by atoms with Crippen LogP contribution >= 0.6 is 0 Å². The maximum Gasteiger partial charge on any atom is 0.188 e. The summed E-state index contributed by atoms with van der Waals surface area (Å²) in [6, 6.07) is 1.71. The van der Waals surface area contributed by atoms with Crippen molar-refractivity contribution >= 4 is 5.96 Å². The first-order valence-corrected chi connectivity index (χ1v) is 4.44. The second-order valence-corrected chi connectivity index (χ2v) is 3.41. The molecular weight excluding hydrogens is 182 g/mol. The number of rotatable bonds is 1. The largest absolute Gasteiger partial charge is 0.389 e. The first kappa shape index (κ1) is 9.01. The van der Waals surface area contributed by atoms with E-state index in [1.165, 1.54) is 0 Å². The van der Waals surface area contributed by atoms with Gasteiger partial charge in [0.1, 0.15) is 0 Å². The molecule has 2 rings (SSSR count). The van der Waals surface area contributed by atoms with Crippen LogP contribution < -0.4 is 5.73 Å². The fourth-order valence-electron chi connectivity index (χ4n) is 1.70. The SMILES string of the molecule is N=C(N)N1CC(O)C(n2cccn2)C1. The summed E-state index contributed by atoms with van der Waals surface area (Å²) in [4.78, 5) is 1.64. The molecule has 2 heterocycles. The van der Waals surface area contributed by atoms with Crippen LogP contribution in [-0.4, -0.2) is 44.9 Å². The molecule has 4 N–H and O–H groups in total. The molecule has 0 radical (unpaired) electrons. The third-order valence-electron chi connectivity index (χ3n) is 2.46. The zero-order chi connectivity index (χ0) is 10.1. The lowest BCUT2D eigenvalue weighted by atomic mass is 10.2. The van der Waals surface area contributed by atoms with E-state index in [-0.39, 0.29) is 12.0 Å².